The van der Waals surface area contributed by atoms with Crippen LogP contribution < -0.4 is 16.4 Å². The Bertz CT molecular complexity index is 1170. The SMILES string of the molecule is NC(=O)C1CCC(n2c(Nc3ccc(Cl)cc3Cl)nc3cnc(NC4CCCC4)nc32)CC1. The molecule has 8 nitrogen and oxygen atoms in total. The highest BCUT2D eigenvalue weighted by molar-refractivity contribution is 6.36. The summed E-state index contributed by atoms with van der Waals surface area (Å²) < 4.78 is 2.12. The van der Waals surface area contributed by atoms with Gasteiger partial charge in [0.25, 0.3) is 0 Å². The maximum absolute atomic E-state index is 11.7. The van der Waals surface area contributed by atoms with Crippen LogP contribution in [0.2, 0.25) is 10.0 Å². The topological polar surface area (TPSA) is 111 Å². The van der Waals surface area contributed by atoms with Gasteiger partial charge in [-0.15, -0.1) is 0 Å². The lowest BCUT2D eigenvalue weighted by atomic mass is 9.85. The summed E-state index contributed by atoms with van der Waals surface area (Å²) in [4.78, 5) is 25.8. The predicted octanol–water partition coefficient (Wildman–Crippen LogP) is 5.45. The molecule has 2 aliphatic carbocycles. The van der Waals surface area contributed by atoms with Gasteiger partial charge in [0.05, 0.1) is 16.9 Å². The summed E-state index contributed by atoms with van der Waals surface area (Å²) in [6, 6.07) is 5.85. The first-order valence-electron chi connectivity index (χ1n) is 11.5. The van der Waals surface area contributed by atoms with Gasteiger partial charge in [0, 0.05) is 23.0 Å². The minimum absolute atomic E-state index is 0.0765. The van der Waals surface area contributed by atoms with Gasteiger partial charge in [0.1, 0.15) is 5.52 Å². The molecule has 174 valence electrons. The molecule has 2 saturated carbocycles. The van der Waals surface area contributed by atoms with Crippen LogP contribution in [-0.2, 0) is 4.79 Å². The molecule has 0 unspecified atom stereocenters. The molecule has 0 aliphatic heterocycles. The molecular weight excluding hydrogens is 461 g/mol. The zero-order chi connectivity index (χ0) is 22.9. The highest BCUT2D eigenvalue weighted by atomic mass is 35.5. The lowest BCUT2D eigenvalue weighted by Gasteiger charge is -2.29. The number of hydrogen-bond acceptors (Lipinski definition) is 6. The molecule has 0 radical (unpaired) electrons. The molecule has 2 aliphatic rings. The quantitative estimate of drug-likeness (QED) is 0.426. The largest absolute Gasteiger partial charge is 0.369 e. The summed E-state index contributed by atoms with van der Waals surface area (Å²) >= 11 is 12.5. The van der Waals surface area contributed by atoms with Crippen molar-refractivity contribution >= 4 is 57.9 Å². The zero-order valence-electron chi connectivity index (χ0n) is 18.2. The number of aromatic nitrogens is 4. The standard InChI is InChI=1S/C23H27Cl2N7O/c24-14-7-10-18(17(25)11-14)29-23-30-19-12-27-22(28-15-3-1-2-4-15)31-21(19)32(23)16-8-5-13(6-9-16)20(26)33/h7,10-13,15-16H,1-6,8-9H2,(H2,26,33)(H,29,30)(H,27,28,31). The van der Waals surface area contributed by atoms with Crippen LogP contribution in [0.15, 0.2) is 24.4 Å². The van der Waals surface area contributed by atoms with Crippen LogP contribution in [0.1, 0.15) is 57.4 Å². The van der Waals surface area contributed by atoms with Gasteiger partial charge in [0.2, 0.25) is 17.8 Å². The number of carbonyl (C=O) groups excluding carboxylic acids is 1. The summed E-state index contributed by atoms with van der Waals surface area (Å²) in [6.07, 6.45) is 9.64. The third-order valence-corrected chi connectivity index (χ3v) is 7.31. The van der Waals surface area contributed by atoms with Crippen LogP contribution in [0.5, 0.6) is 0 Å². The molecule has 0 spiro atoms. The van der Waals surface area contributed by atoms with Crippen LogP contribution in [0.4, 0.5) is 17.6 Å². The third kappa shape index (κ3) is 4.73. The van der Waals surface area contributed by atoms with Crippen LogP contribution in [-0.4, -0.2) is 31.5 Å². The molecule has 3 aromatic rings. The third-order valence-electron chi connectivity index (χ3n) is 6.76. The molecule has 5 rings (SSSR count). The van der Waals surface area contributed by atoms with Crippen LogP contribution in [0.3, 0.4) is 0 Å². The van der Waals surface area contributed by atoms with Gasteiger partial charge in [-0.2, -0.15) is 4.98 Å². The van der Waals surface area contributed by atoms with Crippen molar-refractivity contribution in [3.05, 3.63) is 34.4 Å². The van der Waals surface area contributed by atoms with E-state index in [0.717, 1.165) is 44.2 Å². The molecule has 4 N–H and O–H groups in total. The Morgan fingerprint density at radius 1 is 1.06 bits per heavy atom. The zero-order valence-corrected chi connectivity index (χ0v) is 19.7. The number of imidazole rings is 1. The van der Waals surface area contributed by atoms with E-state index < -0.39 is 0 Å². The second kappa shape index (κ2) is 9.35. The second-order valence-corrected chi connectivity index (χ2v) is 9.83. The monoisotopic (exact) mass is 487 g/mol. The number of primary amides is 1. The summed E-state index contributed by atoms with van der Waals surface area (Å²) in [5, 5.41) is 7.92. The van der Waals surface area contributed by atoms with Gasteiger partial charge in [-0.1, -0.05) is 36.0 Å². The number of nitrogens with zero attached hydrogens (tertiary/aromatic N) is 4. The fourth-order valence-corrected chi connectivity index (χ4v) is 5.43. The van der Waals surface area contributed by atoms with Gasteiger partial charge < -0.3 is 16.4 Å². The van der Waals surface area contributed by atoms with Crippen molar-refractivity contribution in [1.29, 1.82) is 0 Å². The molecule has 2 aromatic heterocycles. The number of rotatable bonds is 6. The first-order valence-corrected chi connectivity index (χ1v) is 12.3. The molecule has 33 heavy (non-hydrogen) atoms. The smallest absolute Gasteiger partial charge is 0.224 e. The summed E-state index contributed by atoms with van der Waals surface area (Å²) in [6.45, 7) is 0. The highest BCUT2D eigenvalue weighted by Gasteiger charge is 2.29. The van der Waals surface area contributed by atoms with Gasteiger partial charge in [0.15, 0.2) is 5.65 Å². The van der Waals surface area contributed by atoms with Crippen molar-refractivity contribution in [1.82, 2.24) is 19.5 Å². The molecule has 1 aromatic carbocycles. The minimum Gasteiger partial charge on any atom is -0.369 e. The first-order chi connectivity index (χ1) is 16.0. The fourth-order valence-electron chi connectivity index (χ4n) is 4.98. The fraction of sp³-hybridized carbons (Fsp3) is 0.478. The minimum atomic E-state index is -0.222. The normalized spacial score (nSPS) is 21.4. The van der Waals surface area contributed by atoms with E-state index in [-0.39, 0.29) is 17.9 Å². The van der Waals surface area contributed by atoms with Gasteiger partial charge >= 0.3 is 0 Å². The Morgan fingerprint density at radius 3 is 2.52 bits per heavy atom. The molecule has 2 fully saturated rings. The first kappa shape index (κ1) is 22.2. The summed E-state index contributed by atoms with van der Waals surface area (Å²) in [5.74, 6) is 0.967. The molecule has 0 atom stereocenters. The lowest BCUT2D eigenvalue weighted by Crippen LogP contribution is -2.28. The van der Waals surface area contributed by atoms with E-state index >= 15 is 0 Å². The van der Waals surface area contributed by atoms with E-state index in [2.05, 4.69) is 20.2 Å². The van der Waals surface area contributed by atoms with E-state index in [4.69, 9.17) is 38.9 Å². The van der Waals surface area contributed by atoms with Crippen molar-refractivity contribution in [2.75, 3.05) is 10.6 Å². The van der Waals surface area contributed by atoms with E-state index in [9.17, 15) is 4.79 Å². The average Bonchev–Trinajstić information content (AvgIpc) is 3.43. The van der Waals surface area contributed by atoms with Crippen molar-refractivity contribution in [2.24, 2.45) is 11.7 Å². The molecule has 10 heteroatoms. The van der Waals surface area contributed by atoms with Crippen LogP contribution >= 0.6 is 23.2 Å². The molecular formula is C23H27Cl2N7O. The van der Waals surface area contributed by atoms with Gasteiger partial charge in [-0.25, -0.2) is 9.97 Å². The maximum Gasteiger partial charge on any atom is 0.224 e. The van der Waals surface area contributed by atoms with Crippen molar-refractivity contribution in [2.45, 2.75) is 63.5 Å². The molecule has 0 saturated heterocycles. The maximum atomic E-state index is 11.7. The van der Waals surface area contributed by atoms with Crippen molar-refractivity contribution in [3.63, 3.8) is 0 Å². The Labute approximate surface area is 202 Å². The van der Waals surface area contributed by atoms with E-state index in [0.29, 0.717) is 39.2 Å². The molecule has 0 bridgehead atoms. The van der Waals surface area contributed by atoms with E-state index in [1.807, 2.05) is 6.07 Å². The number of nitrogens with two attached hydrogens (primary N) is 1. The Morgan fingerprint density at radius 2 is 1.82 bits per heavy atom. The predicted molar refractivity (Wildman–Crippen MR) is 131 cm³/mol. The van der Waals surface area contributed by atoms with E-state index in [1.54, 1.807) is 18.3 Å². The number of anilines is 3. The second-order valence-electron chi connectivity index (χ2n) is 8.99. The number of hydrogen-bond donors (Lipinski definition) is 3. The number of halogens is 2. The van der Waals surface area contributed by atoms with Crippen molar-refractivity contribution in [3.8, 4) is 0 Å². The number of benzene rings is 1. The van der Waals surface area contributed by atoms with Crippen molar-refractivity contribution < 1.29 is 4.79 Å². The highest BCUT2D eigenvalue weighted by Crippen LogP contribution is 2.38. The van der Waals surface area contributed by atoms with Gasteiger partial charge in [-0.05, 0) is 56.7 Å². The Hall–Kier alpha value is -2.58. The number of amides is 1. The molecule has 1 amide bonds. The van der Waals surface area contributed by atoms with Crippen LogP contribution in [0.25, 0.3) is 11.2 Å². The van der Waals surface area contributed by atoms with Gasteiger partial charge in [-0.3, -0.25) is 9.36 Å². The summed E-state index contributed by atoms with van der Waals surface area (Å²) in [5.41, 5.74) is 7.73. The Kier molecular flexibility index (Phi) is 6.29. The Balaban J connectivity index is 1.51. The average molecular weight is 488 g/mol. The summed E-state index contributed by atoms with van der Waals surface area (Å²) in [7, 11) is 0. The molecule has 2 heterocycles. The number of carbonyl (C=O) groups is 1. The number of fused-ring (bicyclic) bond motifs is 1. The van der Waals surface area contributed by atoms with E-state index in [1.165, 1.54) is 12.8 Å². The number of nitrogens with one attached hydrogen (secondary N) is 2. The lowest BCUT2D eigenvalue weighted by molar-refractivity contribution is -0.122. The van der Waals surface area contributed by atoms with Crippen LogP contribution in [0, 0.1) is 5.92 Å².